The quantitative estimate of drug-likeness (QED) is 0.885. The van der Waals surface area contributed by atoms with Gasteiger partial charge in [-0.1, -0.05) is 31.0 Å². The normalized spacial score (nSPS) is 21.2. The summed E-state index contributed by atoms with van der Waals surface area (Å²) < 4.78 is 5.84. The Morgan fingerprint density at radius 2 is 1.83 bits per heavy atom. The van der Waals surface area contributed by atoms with Gasteiger partial charge in [-0.25, -0.2) is 0 Å². The zero-order valence-corrected chi connectivity index (χ0v) is 11.1. The van der Waals surface area contributed by atoms with E-state index in [0.29, 0.717) is 13.2 Å². The van der Waals surface area contributed by atoms with Crippen molar-refractivity contribution in [3.05, 3.63) is 34.9 Å². The Kier molecular flexibility index (Phi) is 3.40. The first-order chi connectivity index (χ1) is 8.75. The van der Waals surface area contributed by atoms with Gasteiger partial charge in [-0.3, -0.25) is 0 Å². The Morgan fingerprint density at radius 3 is 2.67 bits per heavy atom. The maximum absolute atomic E-state index is 6.29. The van der Waals surface area contributed by atoms with E-state index in [4.69, 9.17) is 10.5 Å². The van der Waals surface area contributed by atoms with Gasteiger partial charge in [-0.05, 0) is 48.8 Å². The van der Waals surface area contributed by atoms with Crippen LogP contribution < -0.4 is 5.73 Å². The van der Waals surface area contributed by atoms with Crippen molar-refractivity contribution in [2.75, 3.05) is 6.61 Å². The largest absolute Gasteiger partial charge is 0.375 e. The molecule has 2 nitrogen and oxygen atoms in total. The molecule has 0 unspecified atom stereocenters. The second-order valence-electron chi connectivity index (χ2n) is 6.02. The average molecular weight is 245 g/mol. The Morgan fingerprint density at radius 1 is 1.06 bits per heavy atom. The maximum Gasteiger partial charge on any atom is 0.0717 e. The first-order valence-corrected chi connectivity index (χ1v) is 7.23. The Balaban J connectivity index is 1.54. The highest BCUT2D eigenvalue weighted by atomic mass is 16.5. The van der Waals surface area contributed by atoms with Crippen molar-refractivity contribution in [1.82, 2.24) is 0 Å². The molecule has 1 fully saturated rings. The molecule has 0 saturated heterocycles. The summed E-state index contributed by atoms with van der Waals surface area (Å²) in [6.07, 6.45) is 8.57. The molecule has 2 N–H and O–H groups in total. The topological polar surface area (TPSA) is 35.2 Å². The average Bonchev–Trinajstić information content (AvgIpc) is 2.97. The number of aryl methyl sites for hydroxylation is 2. The van der Waals surface area contributed by atoms with E-state index in [9.17, 15) is 0 Å². The molecule has 3 rings (SSSR count). The first kappa shape index (κ1) is 12.2. The minimum absolute atomic E-state index is 0.0449. The molecule has 0 bridgehead atoms. The molecule has 98 valence electrons. The van der Waals surface area contributed by atoms with Crippen molar-refractivity contribution in [3.63, 3.8) is 0 Å². The van der Waals surface area contributed by atoms with E-state index >= 15 is 0 Å². The molecule has 18 heavy (non-hydrogen) atoms. The third-order valence-electron chi connectivity index (χ3n) is 4.42. The fourth-order valence-electron chi connectivity index (χ4n) is 3.31. The van der Waals surface area contributed by atoms with Gasteiger partial charge in [-0.15, -0.1) is 0 Å². The minimum Gasteiger partial charge on any atom is -0.375 e. The number of nitrogens with two attached hydrogens (primary N) is 1. The van der Waals surface area contributed by atoms with Gasteiger partial charge in [0.05, 0.1) is 13.2 Å². The van der Waals surface area contributed by atoms with Gasteiger partial charge in [-0.2, -0.15) is 0 Å². The number of benzene rings is 1. The fourth-order valence-corrected chi connectivity index (χ4v) is 3.31. The van der Waals surface area contributed by atoms with E-state index < -0.39 is 0 Å². The van der Waals surface area contributed by atoms with Crippen LogP contribution in [0.3, 0.4) is 0 Å². The lowest BCUT2D eigenvalue weighted by molar-refractivity contribution is 0.0750. The lowest BCUT2D eigenvalue weighted by Gasteiger charge is -2.23. The van der Waals surface area contributed by atoms with Gasteiger partial charge in [0, 0.05) is 5.54 Å². The van der Waals surface area contributed by atoms with E-state index in [-0.39, 0.29) is 5.54 Å². The van der Waals surface area contributed by atoms with Crippen LogP contribution in [0.15, 0.2) is 18.2 Å². The van der Waals surface area contributed by atoms with Gasteiger partial charge >= 0.3 is 0 Å². The summed E-state index contributed by atoms with van der Waals surface area (Å²) in [5.74, 6) is 0. The second kappa shape index (κ2) is 5.02. The van der Waals surface area contributed by atoms with Gasteiger partial charge in [0.25, 0.3) is 0 Å². The summed E-state index contributed by atoms with van der Waals surface area (Å²) in [5, 5.41) is 0. The summed E-state index contributed by atoms with van der Waals surface area (Å²) >= 11 is 0. The molecule has 1 saturated carbocycles. The smallest absolute Gasteiger partial charge is 0.0717 e. The molecule has 1 aromatic carbocycles. The second-order valence-corrected chi connectivity index (χ2v) is 6.02. The monoisotopic (exact) mass is 245 g/mol. The van der Waals surface area contributed by atoms with Crippen LogP contribution in [-0.2, 0) is 24.2 Å². The van der Waals surface area contributed by atoms with E-state index in [1.165, 1.54) is 48.8 Å². The van der Waals surface area contributed by atoms with Crippen molar-refractivity contribution in [1.29, 1.82) is 0 Å². The SMILES string of the molecule is NC1(COCc2ccc3c(c2)CCC3)CCCC1. The fraction of sp³-hybridized carbons (Fsp3) is 0.625. The molecule has 0 amide bonds. The molecular formula is C16H23NO. The Labute approximate surface area is 110 Å². The summed E-state index contributed by atoms with van der Waals surface area (Å²) in [7, 11) is 0. The van der Waals surface area contributed by atoms with Gasteiger partial charge < -0.3 is 10.5 Å². The number of ether oxygens (including phenoxy) is 1. The molecule has 2 aliphatic carbocycles. The summed E-state index contributed by atoms with van der Waals surface area (Å²) in [4.78, 5) is 0. The van der Waals surface area contributed by atoms with Gasteiger partial charge in [0.1, 0.15) is 0 Å². The maximum atomic E-state index is 6.29. The van der Waals surface area contributed by atoms with Crippen LogP contribution >= 0.6 is 0 Å². The van der Waals surface area contributed by atoms with Gasteiger partial charge in [0.2, 0.25) is 0 Å². The summed E-state index contributed by atoms with van der Waals surface area (Å²) in [6, 6.07) is 6.80. The lowest BCUT2D eigenvalue weighted by atomic mass is 10.0. The molecule has 0 aliphatic heterocycles. The summed E-state index contributed by atoms with van der Waals surface area (Å²) in [6.45, 7) is 1.43. The van der Waals surface area contributed by atoms with Crippen LogP contribution in [-0.4, -0.2) is 12.1 Å². The van der Waals surface area contributed by atoms with Crippen LogP contribution in [0.25, 0.3) is 0 Å². The molecular weight excluding hydrogens is 222 g/mol. The molecule has 0 atom stereocenters. The van der Waals surface area contributed by atoms with E-state index in [2.05, 4.69) is 18.2 Å². The van der Waals surface area contributed by atoms with E-state index in [1.54, 1.807) is 0 Å². The van der Waals surface area contributed by atoms with E-state index in [1.807, 2.05) is 0 Å². The van der Waals surface area contributed by atoms with Crippen molar-refractivity contribution in [2.45, 2.75) is 57.1 Å². The molecule has 2 aliphatic rings. The number of hydrogen-bond acceptors (Lipinski definition) is 2. The molecule has 2 heteroatoms. The lowest BCUT2D eigenvalue weighted by Crippen LogP contribution is -2.41. The standard InChI is InChI=1S/C16H23NO/c17-16(8-1-2-9-16)12-18-11-13-6-7-14-4-3-5-15(14)10-13/h6-7,10H,1-5,8-9,11-12,17H2. The zero-order valence-electron chi connectivity index (χ0n) is 11.1. The predicted octanol–water partition coefficient (Wildman–Crippen LogP) is 2.96. The third-order valence-corrected chi connectivity index (χ3v) is 4.42. The Hall–Kier alpha value is -0.860. The Bertz CT molecular complexity index is 421. The molecule has 0 aromatic heterocycles. The van der Waals surface area contributed by atoms with E-state index in [0.717, 1.165) is 12.8 Å². The molecule has 0 radical (unpaired) electrons. The highest BCUT2D eigenvalue weighted by molar-refractivity contribution is 5.35. The van der Waals surface area contributed by atoms with Crippen LogP contribution in [0.5, 0.6) is 0 Å². The van der Waals surface area contributed by atoms with Crippen molar-refractivity contribution in [2.24, 2.45) is 5.73 Å². The van der Waals surface area contributed by atoms with Crippen LogP contribution in [0, 0.1) is 0 Å². The zero-order chi connectivity index (χ0) is 12.4. The highest BCUT2D eigenvalue weighted by Crippen LogP contribution is 2.28. The van der Waals surface area contributed by atoms with Crippen LogP contribution in [0.2, 0.25) is 0 Å². The van der Waals surface area contributed by atoms with Crippen molar-refractivity contribution in [3.8, 4) is 0 Å². The number of rotatable bonds is 4. The van der Waals surface area contributed by atoms with Gasteiger partial charge in [0.15, 0.2) is 0 Å². The molecule has 0 spiro atoms. The van der Waals surface area contributed by atoms with Crippen LogP contribution in [0.4, 0.5) is 0 Å². The number of hydrogen-bond donors (Lipinski definition) is 1. The van der Waals surface area contributed by atoms with Crippen LogP contribution in [0.1, 0.15) is 48.8 Å². The summed E-state index contributed by atoms with van der Waals surface area (Å²) in [5.41, 5.74) is 10.6. The van der Waals surface area contributed by atoms with Crippen molar-refractivity contribution >= 4 is 0 Å². The predicted molar refractivity (Wildman–Crippen MR) is 73.5 cm³/mol. The van der Waals surface area contributed by atoms with Crippen molar-refractivity contribution < 1.29 is 4.74 Å². The third kappa shape index (κ3) is 2.60. The number of fused-ring (bicyclic) bond motifs is 1. The highest BCUT2D eigenvalue weighted by Gasteiger charge is 2.29. The first-order valence-electron chi connectivity index (χ1n) is 7.23. The molecule has 0 heterocycles. The molecule has 1 aromatic rings. The minimum atomic E-state index is -0.0449.